The van der Waals surface area contributed by atoms with Gasteiger partial charge in [0.15, 0.2) is 5.69 Å². The molecule has 1 rings (SSSR count). The first-order chi connectivity index (χ1) is 6.86. The van der Waals surface area contributed by atoms with E-state index in [1.165, 1.54) is 6.07 Å². The molecule has 1 aromatic heterocycles. The summed E-state index contributed by atoms with van der Waals surface area (Å²) in [5.74, 6) is -3.06. The Morgan fingerprint density at radius 3 is 2.40 bits per heavy atom. The molecular weight excluding hydrogens is 200 g/mol. The van der Waals surface area contributed by atoms with Crippen LogP contribution >= 0.6 is 0 Å². The van der Waals surface area contributed by atoms with E-state index in [-0.39, 0.29) is 17.2 Å². The summed E-state index contributed by atoms with van der Waals surface area (Å²) in [5, 5.41) is 15.8. The molecule has 3 nitrogen and oxygen atoms in total. The number of nitrogens with zero attached hydrogens (tertiary/aromatic N) is 3. The lowest BCUT2D eigenvalue weighted by Crippen LogP contribution is -2.13. The number of hydrogen-bond donors (Lipinski definition) is 0. The van der Waals surface area contributed by atoms with Crippen LogP contribution in [-0.4, -0.2) is 10.2 Å². The molecule has 0 saturated carbocycles. The van der Waals surface area contributed by atoms with Crippen molar-refractivity contribution >= 4 is 0 Å². The molecule has 0 radical (unpaired) electrons. The minimum atomic E-state index is -3.06. The van der Waals surface area contributed by atoms with E-state index >= 15 is 0 Å². The Labute approximate surface area is 86.8 Å². The second-order valence-electron chi connectivity index (χ2n) is 3.69. The molecule has 0 unspecified atom stereocenters. The van der Waals surface area contributed by atoms with Gasteiger partial charge in [-0.3, -0.25) is 0 Å². The molecule has 1 aromatic rings. The summed E-state index contributed by atoms with van der Waals surface area (Å²) in [6, 6.07) is 2.86. The fourth-order valence-electron chi connectivity index (χ4n) is 1.11. The summed E-state index contributed by atoms with van der Waals surface area (Å²) in [5.41, 5.74) is -0.207. The van der Waals surface area contributed by atoms with E-state index in [1.807, 2.05) is 13.8 Å². The van der Waals surface area contributed by atoms with Crippen molar-refractivity contribution in [3.05, 3.63) is 23.0 Å². The van der Waals surface area contributed by atoms with Crippen molar-refractivity contribution in [2.24, 2.45) is 0 Å². The molecule has 0 aliphatic rings. The van der Waals surface area contributed by atoms with E-state index in [2.05, 4.69) is 10.2 Å². The molecule has 15 heavy (non-hydrogen) atoms. The Hall–Kier alpha value is -1.57. The first-order valence-electron chi connectivity index (χ1n) is 4.52. The second kappa shape index (κ2) is 3.89. The number of rotatable bonds is 2. The molecule has 0 spiro atoms. The molecule has 80 valence electrons. The molecule has 0 atom stereocenters. The van der Waals surface area contributed by atoms with Crippen LogP contribution in [0, 0.1) is 11.3 Å². The van der Waals surface area contributed by atoms with E-state index in [0.29, 0.717) is 5.69 Å². The lowest BCUT2D eigenvalue weighted by atomic mass is 10.0. The molecule has 0 amide bonds. The highest BCUT2D eigenvalue weighted by Crippen LogP contribution is 2.29. The SMILES string of the molecule is CC(C)c1cc(C(C)(F)F)c(C#N)nn1. The lowest BCUT2D eigenvalue weighted by Gasteiger charge is -2.13. The average Bonchev–Trinajstić information content (AvgIpc) is 2.15. The van der Waals surface area contributed by atoms with Crippen molar-refractivity contribution in [1.29, 1.82) is 5.26 Å². The minimum Gasteiger partial charge on any atom is -0.202 e. The van der Waals surface area contributed by atoms with Crippen LogP contribution in [0.3, 0.4) is 0 Å². The predicted molar refractivity (Wildman–Crippen MR) is 50.4 cm³/mol. The third kappa shape index (κ3) is 2.46. The van der Waals surface area contributed by atoms with Gasteiger partial charge in [0.1, 0.15) is 6.07 Å². The fourth-order valence-corrected chi connectivity index (χ4v) is 1.11. The number of aromatic nitrogens is 2. The smallest absolute Gasteiger partial charge is 0.202 e. The standard InChI is InChI=1S/C10H11F2N3/c1-6(2)8-4-7(10(3,11)12)9(5-13)15-14-8/h4,6H,1-3H3. The zero-order valence-electron chi connectivity index (χ0n) is 8.75. The van der Waals surface area contributed by atoms with Crippen LogP contribution < -0.4 is 0 Å². The monoisotopic (exact) mass is 211 g/mol. The zero-order valence-corrected chi connectivity index (χ0v) is 8.75. The Balaban J connectivity index is 3.34. The summed E-state index contributed by atoms with van der Waals surface area (Å²) >= 11 is 0. The number of hydrogen-bond acceptors (Lipinski definition) is 3. The minimum absolute atomic E-state index is 0.00587. The highest BCUT2D eigenvalue weighted by atomic mass is 19.3. The zero-order chi connectivity index (χ0) is 11.6. The topological polar surface area (TPSA) is 49.6 Å². The Kier molecular flexibility index (Phi) is 2.98. The Bertz CT molecular complexity index is 402. The predicted octanol–water partition coefficient (Wildman–Crippen LogP) is 2.58. The van der Waals surface area contributed by atoms with Gasteiger partial charge in [0.25, 0.3) is 5.92 Å². The van der Waals surface area contributed by atoms with Gasteiger partial charge in [-0.05, 0) is 12.0 Å². The quantitative estimate of drug-likeness (QED) is 0.755. The third-order valence-corrected chi connectivity index (χ3v) is 1.98. The molecule has 0 aliphatic heterocycles. The van der Waals surface area contributed by atoms with Gasteiger partial charge in [-0.25, -0.2) is 8.78 Å². The van der Waals surface area contributed by atoms with Crippen LogP contribution in [-0.2, 0) is 5.92 Å². The van der Waals surface area contributed by atoms with Crippen LogP contribution in [0.5, 0.6) is 0 Å². The van der Waals surface area contributed by atoms with Crippen LogP contribution in [0.25, 0.3) is 0 Å². The van der Waals surface area contributed by atoms with E-state index in [0.717, 1.165) is 6.92 Å². The maximum absolute atomic E-state index is 13.1. The van der Waals surface area contributed by atoms with Gasteiger partial charge < -0.3 is 0 Å². The van der Waals surface area contributed by atoms with Gasteiger partial charge in [-0.2, -0.15) is 10.4 Å². The maximum atomic E-state index is 13.1. The highest BCUT2D eigenvalue weighted by Gasteiger charge is 2.29. The highest BCUT2D eigenvalue weighted by molar-refractivity contribution is 5.34. The summed E-state index contributed by atoms with van der Waals surface area (Å²) < 4.78 is 26.3. The van der Waals surface area contributed by atoms with Crippen LogP contribution in [0.15, 0.2) is 6.07 Å². The Morgan fingerprint density at radius 1 is 1.40 bits per heavy atom. The van der Waals surface area contributed by atoms with Crippen molar-refractivity contribution < 1.29 is 8.78 Å². The van der Waals surface area contributed by atoms with E-state index in [9.17, 15) is 8.78 Å². The number of halogens is 2. The van der Waals surface area contributed by atoms with Crippen LogP contribution in [0.2, 0.25) is 0 Å². The average molecular weight is 211 g/mol. The normalized spacial score (nSPS) is 11.5. The number of alkyl halides is 2. The molecule has 0 fully saturated rings. The van der Waals surface area contributed by atoms with Crippen LogP contribution in [0.1, 0.15) is 43.6 Å². The Morgan fingerprint density at radius 2 is 2.00 bits per heavy atom. The molecule has 1 heterocycles. The van der Waals surface area contributed by atoms with Crippen LogP contribution in [0.4, 0.5) is 8.78 Å². The van der Waals surface area contributed by atoms with Gasteiger partial charge in [0.05, 0.1) is 11.3 Å². The molecule has 5 heteroatoms. The van der Waals surface area contributed by atoms with E-state index in [1.54, 1.807) is 6.07 Å². The lowest BCUT2D eigenvalue weighted by molar-refractivity contribution is 0.0165. The van der Waals surface area contributed by atoms with Crippen molar-refractivity contribution in [1.82, 2.24) is 10.2 Å². The summed E-state index contributed by atoms with van der Waals surface area (Å²) in [6.45, 7) is 4.40. The van der Waals surface area contributed by atoms with Gasteiger partial charge in [0, 0.05) is 6.92 Å². The van der Waals surface area contributed by atoms with Crippen molar-refractivity contribution in [3.8, 4) is 6.07 Å². The van der Waals surface area contributed by atoms with Crippen molar-refractivity contribution in [2.45, 2.75) is 32.6 Å². The van der Waals surface area contributed by atoms with Gasteiger partial charge in [-0.1, -0.05) is 13.8 Å². The first-order valence-corrected chi connectivity index (χ1v) is 4.52. The van der Waals surface area contributed by atoms with Crippen molar-refractivity contribution in [3.63, 3.8) is 0 Å². The molecule has 0 aliphatic carbocycles. The molecular formula is C10H11F2N3. The fraction of sp³-hybridized carbons (Fsp3) is 0.500. The van der Waals surface area contributed by atoms with Crippen molar-refractivity contribution in [2.75, 3.05) is 0 Å². The van der Waals surface area contributed by atoms with Gasteiger partial charge in [0.2, 0.25) is 0 Å². The summed E-state index contributed by atoms with van der Waals surface area (Å²) in [6.07, 6.45) is 0. The summed E-state index contributed by atoms with van der Waals surface area (Å²) in [4.78, 5) is 0. The molecule has 0 bridgehead atoms. The van der Waals surface area contributed by atoms with Gasteiger partial charge >= 0.3 is 0 Å². The molecule has 0 aromatic carbocycles. The maximum Gasteiger partial charge on any atom is 0.273 e. The third-order valence-electron chi connectivity index (χ3n) is 1.98. The number of nitriles is 1. The van der Waals surface area contributed by atoms with E-state index < -0.39 is 5.92 Å². The second-order valence-corrected chi connectivity index (χ2v) is 3.69. The van der Waals surface area contributed by atoms with Gasteiger partial charge in [-0.15, -0.1) is 5.10 Å². The first kappa shape index (κ1) is 11.5. The van der Waals surface area contributed by atoms with E-state index in [4.69, 9.17) is 5.26 Å². The largest absolute Gasteiger partial charge is 0.273 e. The summed E-state index contributed by atoms with van der Waals surface area (Å²) in [7, 11) is 0. The molecule has 0 saturated heterocycles. The molecule has 0 N–H and O–H groups in total.